The molecule has 1 aromatic rings. The molecule has 1 atom stereocenters. The van der Waals surface area contributed by atoms with Gasteiger partial charge in [-0.25, -0.2) is 0 Å². The number of ether oxygens (including phenoxy) is 1. The lowest BCUT2D eigenvalue weighted by molar-refractivity contribution is 0.199. The zero-order chi connectivity index (χ0) is 8.39. The third kappa shape index (κ3) is 1.78. The number of nitrogens with zero attached hydrogens (tertiary/aromatic N) is 2. The van der Waals surface area contributed by atoms with Gasteiger partial charge in [0.2, 0.25) is 5.89 Å². The first kappa shape index (κ1) is 8.07. The van der Waals surface area contributed by atoms with Gasteiger partial charge < -0.3 is 9.15 Å². The summed E-state index contributed by atoms with van der Waals surface area (Å²) in [7, 11) is 0. The number of rotatable bonds is 2. The fraction of sp³-hybridized carbons (Fsp3) is 0.714. The second kappa shape index (κ2) is 3.45. The summed E-state index contributed by atoms with van der Waals surface area (Å²) in [5.74, 6) is 0.622. The molecule has 0 saturated carbocycles. The van der Waals surface area contributed by atoms with Crippen LogP contribution in [0, 0.1) is 6.92 Å². The number of hydrogen-bond acceptors (Lipinski definition) is 5. The van der Waals surface area contributed by atoms with Crippen LogP contribution in [0.1, 0.15) is 12.3 Å². The molecule has 0 spiro atoms. The highest BCUT2D eigenvalue weighted by Crippen LogP contribution is 2.27. The molecule has 1 fully saturated rings. The molecule has 66 valence electrons. The highest BCUT2D eigenvalue weighted by atomic mass is 32.2. The molecule has 12 heavy (non-hydrogen) atoms. The lowest BCUT2D eigenvalue weighted by Crippen LogP contribution is -1.99. The SMILES string of the molecule is Cc1nnc(SC2CCOC2)o1. The third-order valence-electron chi connectivity index (χ3n) is 1.66. The van der Waals surface area contributed by atoms with Crippen LogP contribution in [0.25, 0.3) is 0 Å². The highest BCUT2D eigenvalue weighted by Gasteiger charge is 2.19. The average Bonchev–Trinajstić information content (AvgIpc) is 2.63. The van der Waals surface area contributed by atoms with Crippen molar-refractivity contribution in [3.8, 4) is 0 Å². The van der Waals surface area contributed by atoms with Gasteiger partial charge in [0.05, 0.1) is 6.61 Å². The fourth-order valence-corrected chi connectivity index (χ4v) is 1.99. The van der Waals surface area contributed by atoms with E-state index in [-0.39, 0.29) is 0 Å². The van der Waals surface area contributed by atoms with Crippen LogP contribution in [0.5, 0.6) is 0 Å². The van der Waals surface area contributed by atoms with Gasteiger partial charge in [-0.2, -0.15) is 0 Å². The molecule has 0 amide bonds. The number of hydrogen-bond donors (Lipinski definition) is 0. The molecule has 1 aliphatic rings. The summed E-state index contributed by atoms with van der Waals surface area (Å²) in [6.07, 6.45) is 1.08. The maximum atomic E-state index is 5.23. The molecule has 1 aromatic heterocycles. The molecule has 2 heterocycles. The Balaban J connectivity index is 1.94. The van der Waals surface area contributed by atoms with Crippen LogP contribution in [0.15, 0.2) is 9.64 Å². The molecule has 2 rings (SSSR count). The van der Waals surface area contributed by atoms with E-state index in [2.05, 4.69) is 10.2 Å². The monoisotopic (exact) mass is 186 g/mol. The lowest BCUT2D eigenvalue weighted by Gasteiger charge is -2.00. The van der Waals surface area contributed by atoms with E-state index in [1.807, 2.05) is 0 Å². The van der Waals surface area contributed by atoms with E-state index in [9.17, 15) is 0 Å². The van der Waals surface area contributed by atoms with E-state index in [0.717, 1.165) is 19.6 Å². The van der Waals surface area contributed by atoms with Crippen LogP contribution in [-0.4, -0.2) is 28.7 Å². The van der Waals surface area contributed by atoms with E-state index in [4.69, 9.17) is 9.15 Å². The second-order valence-corrected chi connectivity index (χ2v) is 3.94. The maximum absolute atomic E-state index is 5.23. The van der Waals surface area contributed by atoms with Gasteiger partial charge in [0, 0.05) is 18.8 Å². The third-order valence-corrected chi connectivity index (χ3v) is 2.73. The minimum atomic E-state index is 0.491. The van der Waals surface area contributed by atoms with Crippen LogP contribution in [0.2, 0.25) is 0 Å². The quantitative estimate of drug-likeness (QED) is 0.695. The Bertz CT molecular complexity index is 258. The van der Waals surface area contributed by atoms with Crippen molar-refractivity contribution >= 4 is 11.8 Å². The Hall–Kier alpha value is -0.550. The normalized spacial score (nSPS) is 23.2. The Morgan fingerprint density at radius 1 is 1.50 bits per heavy atom. The van der Waals surface area contributed by atoms with Gasteiger partial charge in [-0.05, 0) is 6.42 Å². The largest absolute Gasteiger partial charge is 0.416 e. The molecule has 1 saturated heterocycles. The van der Waals surface area contributed by atoms with Crippen LogP contribution in [0.4, 0.5) is 0 Å². The van der Waals surface area contributed by atoms with Gasteiger partial charge in [-0.3, -0.25) is 0 Å². The summed E-state index contributed by atoms with van der Waals surface area (Å²) in [6, 6.07) is 0. The molecular formula is C7H10N2O2S. The molecule has 5 heteroatoms. The summed E-state index contributed by atoms with van der Waals surface area (Å²) in [5, 5.41) is 8.80. The fourth-order valence-electron chi connectivity index (χ4n) is 1.07. The topological polar surface area (TPSA) is 48.2 Å². The standard InChI is InChI=1S/C7H10N2O2S/c1-5-8-9-7(11-5)12-6-2-3-10-4-6/h6H,2-4H2,1H3. The van der Waals surface area contributed by atoms with Crippen LogP contribution in [0.3, 0.4) is 0 Å². The zero-order valence-electron chi connectivity index (χ0n) is 6.82. The zero-order valence-corrected chi connectivity index (χ0v) is 7.63. The van der Waals surface area contributed by atoms with Gasteiger partial charge >= 0.3 is 0 Å². The van der Waals surface area contributed by atoms with Gasteiger partial charge in [-0.1, -0.05) is 11.8 Å². The molecular weight excluding hydrogens is 176 g/mol. The summed E-state index contributed by atoms with van der Waals surface area (Å²) >= 11 is 1.61. The molecule has 1 unspecified atom stereocenters. The van der Waals surface area contributed by atoms with Crippen molar-refractivity contribution in [2.45, 2.75) is 23.8 Å². The van der Waals surface area contributed by atoms with Crippen LogP contribution < -0.4 is 0 Å². The van der Waals surface area contributed by atoms with Crippen molar-refractivity contribution in [3.63, 3.8) is 0 Å². The van der Waals surface area contributed by atoms with E-state index >= 15 is 0 Å². The molecule has 0 N–H and O–H groups in total. The first-order valence-corrected chi connectivity index (χ1v) is 4.77. The van der Waals surface area contributed by atoms with Crippen molar-refractivity contribution in [2.75, 3.05) is 13.2 Å². The summed E-state index contributed by atoms with van der Waals surface area (Å²) < 4.78 is 10.5. The molecule has 0 radical (unpaired) electrons. The highest BCUT2D eigenvalue weighted by molar-refractivity contribution is 7.99. The van der Waals surface area contributed by atoms with Gasteiger partial charge in [0.25, 0.3) is 5.22 Å². The van der Waals surface area contributed by atoms with Crippen molar-refractivity contribution < 1.29 is 9.15 Å². The summed E-state index contributed by atoms with van der Waals surface area (Å²) in [4.78, 5) is 0. The minimum Gasteiger partial charge on any atom is -0.416 e. The maximum Gasteiger partial charge on any atom is 0.276 e. The summed E-state index contributed by atoms with van der Waals surface area (Å²) in [6.45, 7) is 3.44. The van der Waals surface area contributed by atoms with Crippen molar-refractivity contribution in [2.24, 2.45) is 0 Å². The summed E-state index contributed by atoms with van der Waals surface area (Å²) in [5.41, 5.74) is 0. The van der Waals surface area contributed by atoms with E-state index in [0.29, 0.717) is 16.4 Å². The Labute approximate surface area is 74.7 Å². The molecule has 4 nitrogen and oxygen atoms in total. The van der Waals surface area contributed by atoms with E-state index in [1.165, 1.54) is 0 Å². The average molecular weight is 186 g/mol. The van der Waals surface area contributed by atoms with Crippen LogP contribution >= 0.6 is 11.8 Å². The van der Waals surface area contributed by atoms with Gasteiger partial charge in [-0.15, -0.1) is 10.2 Å². The first-order chi connectivity index (χ1) is 5.84. The van der Waals surface area contributed by atoms with Gasteiger partial charge in [0.1, 0.15) is 0 Å². The molecule has 1 aliphatic heterocycles. The van der Waals surface area contributed by atoms with Gasteiger partial charge in [0.15, 0.2) is 0 Å². The molecule has 0 aromatic carbocycles. The van der Waals surface area contributed by atoms with Crippen molar-refractivity contribution in [1.29, 1.82) is 0 Å². The number of aromatic nitrogens is 2. The van der Waals surface area contributed by atoms with Crippen LogP contribution in [-0.2, 0) is 4.74 Å². The molecule has 0 aliphatic carbocycles. The Morgan fingerprint density at radius 2 is 2.42 bits per heavy atom. The van der Waals surface area contributed by atoms with E-state index in [1.54, 1.807) is 18.7 Å². The Morgan fingerprint density at radius 3 is 3.00 bits per heavy atom. The minimum absolute atomic E-state index is 0.491. The predicted octanol–water partition coefficient (Wildman–Crippen LogP) is 1.26. The van der Waals surface area contributed by atoms with E-state index < -0.39 is 0 Å². The molecule has 0 bridgehead atoms. The first-order valence-electron chi connectivity index (χ1n) is 3.89. The predicted molar refractivity (Wildman–Crippen MR) is 44.1 cm³/mol. The van der Waals surface area contributed by atoms with Crippen molar-refractivity contribution in [3.05, 3.63) is 5.89 Å². The van der Waals surface area contributed by atoms with Crippen molar-refractivity contribution in [1.82, 2.24) is 10.2 Å². The second-order valence-electron chi connectivity index (χ2n) is 2.69. The Kier molecular flexibility index (Phi) is 2.32. The smallest absolute Gasteiger partial charge is 0.276 e. The number of aryl methyl sites for hydroxylation is 1. The number of thioether (sulfide) groups is 1. The lowest BCUT2D eigenvalue weighted by atomic mass is 10.4.